The molecule has 0 bridgehead atoms. The zero-order valence-corrected chi connectivity index (χ0v) is 13.2. The molecule has 120 valence electrons. The van der Waals surface area contributed by atoms with Crippen LogP contribution in [0.1, 0.15) is 22.7 Å². The Balaban J connectivity index is 2.10. The van der Waals surface area contributed by atoms with Gasteiger partial charge in [-0.2, -0.15) is 0 Å². The number of nitrogens with two attached hydrogens (primary N) is 2. The number of carbonyl (C=O) groups is 2. The number of rotatable bonds is 7. The van der Waals surface area contributed by atoms with Gasteiger partial charge in [0.25, 0.3) is 5.91 Å². The number of benzene rings is 2. The van der Waals surface area contributed by atoms with Gasteiger partial charge < -0.3 is 16.4 Å². The van der Waals surface area contributed by atoms with Crippen molar-refractivity contribution in [2.75, 3.05) is 13.1 Å². The largest absolute Gasteiger partial charge is 0.368 e. The summed E-state index contributed by atoms with van der Waals surface area (Å²) in [6.07, 6.45) is 0. The predicted molar refractivity (Wildman–Crippen MR) is 88.5 cm³/mol. The summed E-state index contributed by atoms with van der Waals surface area (Å²) in [4.78, 5) is 22.5. The van der Waals surface area contributed by atoms with Crippen molar-refractivity contribution in [2.24, 2.45) is 5.73 Å². The minimum absolute atomic E-state index is 0.0242. The van der Waals surface area contributed by atoms with E-state index in [9.17, 15) is 9.59 Å². The second kappa shape index (κ2) is 8.10. The molecule has 0 aromatic heterocycles. The molecule has 5 heteroatoms. The van der Waals surface area contributed by atoms with E-state index in [2.05, 4.69) is 29.6 Å². The number of hydrogen-bond acceptors (Lipinski definition) is 2. The molecular weight excluding hydrogens is 290 g/mol. The fourth-order valence-electron chi connectivity index (χ4n) is 2.38. The molecule has 0 aliphatic carbocycles. The SMILES string of the molecule is Cc1ccc([C@@H]([NH2+]CC(=O)NCC(N)=O)c2ccccc2)cc1. The van der Waals surface area contributed by atoms with Crippen LogP contribution in [0.3, 0.4) is 0 Å². The fraction of sp³-hybridized carbons (Fsp3) is 0.222. The topological polar surface area (TPSA) is 88.8 Å². The van der Waals surface area contributed by atoms with Gasteiger partial charge >= 0.3 is 0 Å². The van der Waals surface area contributed by atoms with Crippen molar-refractivity contribution >= 4 is 11.8 Å². The summed E-state index contributed by atoms with van der Waals surface area (Å²) in [6.45, 7) is 2.14. The zero-order chi connectivity index (χ0) is 16.7. The van der Waals surface area contributed by atoms with Crippen molar-refractivity contribution in [3.8, 4) is 0 Å². The van der Waals surface area contributed by atoms with Gasteiger partial charge in [0.2, 0.25) is 5.91 Å². The van der Waals surface area contributed by atoms with E-state index in [0.29, 0.717) is 0 Å². The van der Waals surface area contributed by atoms with Gasteiger partial charge in [-0.3, -0.25) is 9.59 Å². The average Bonchev–Trinajstić information content (AvgIpc) is 2.55. The van der Waals surface area contributed by atoms with Gasteiger partial charge in [0.1, 0.15) is 6.04 Å². The monoisotopic (exact) mass is 312 g/mol. The molecule has 5 N–H and O–H groups in total. The molecule has 0 radical (unpaired) electrons. The number of nitrogens with one attached hydrogen (secondary N) is 1. The van der Waals surface area contributed by atoms with Crippen LogP contribution in [-0.4, -0.2) is 24.9 Å². The standard InChI is InChI=1S/C18H21N3O2/c1-13-7-9-15(10-8-13)18(14-5-3-2-4-6-14)21-12-17(23)20-11-16(19)22/h2-10,18,21H,11-12H2,1H3,(H2,19,22)(H,20,23)/p+1/t18-/m0/s1. The maximum Gasteiger partial charge on any atom is 0.275 e. The number of hydrogen-bond donors (Lipinski definition) is 3. The van der Waals surface area contributed by atoms with Gasteiger partial charge in [0, 0.05) is 11.1 Å². The Morgan fingerprint density at radius 1 is 1.04 bits per heavy atom. The van der Waals surface area contributed by atoms with E-state index in [4.69, 9.17) is 5.73 Å². The van der Waals surface area contributed by atoms with Crippen molar-refractivity contribution in [1.82, 2.24) is 5.32 Å². The van der Waals surface area contributed by atoms with Gasteiger partial charge in [0.05, 0.1) is 6.54 Å². The average molecular weight is 312 g/mol. The lowest BCUT2D eigenvalue weighted by atomic mass is 9.98. The summed E-state index contributed by atoms with van der Waals surface area (Å²) in [6, 6.07) is 18.3. The second-order valence-electron chi connectivity index (χ2n) is 5.48. The van der Waals surface area contributed by atoms with Crippen molar-refractivity contribution in [1.29, 1.82) is 0 Å². The van der Waals surface area contributed by atoms with Gasteiger partial charge in [0.15, 0.2) is 6.54 Å². The number of amides is 2. The van der Waals surface area contributed by atoms with Crippen molar-refractivity contribution < 1.29 is 14.9 Å². The molecule has 2 aromatic rings. The normalized spacial score (nSPS) is 11.7. The molecule has 0 fully saturated rings. The van der Waals surface area contributed by atoms with E-state index in [-0.39, 0.29) is 25.0 Å². The highest BCUT2D eigenvalue weighted by Crippen LogP contribution is 2.18. The third-order valence-electron chi connectivity index (χ3n) is 3.59. The third-order valence-corrected chi connectivity index (χ3v) is 3.59. The molecule has 5 nitrogen and oxygen atoms in total. The Labute approximate surface area is 135 Å². The maximum atomic E-state index is 11.8. The number of primary amides is 1. The molecule has 0 unspecified atom stereocenters. The fourth-order valence-corrected chi connectivity index (χ4v) is 2.38. The van der Waals surface area contributed by atoms with Gasteiger partial charge in [-0.1, -0.05) is 60.2 Å². The minimum Gasteiger partial charge on any atom is -0.368 e. The van der Waals surface area contributed by atoms with Crippen LogP contribution >= 0.6 is 0 Å². The molecule has 0 saturated heterocycles. The smallest absolute Gasteiger partial charge is 0.275 e. The van der Waals surface area contributed by atoms with Crippen LogP contribution in [0.2, 0.25) is 0 Å². The second-order valence-corrected chi connectivity index (χ2v) is 5.48. The highest BCUT2D eigenvalue weighted by atomic mass is 16.2. The lowest BCUT2D eigenvalue weighted by molar-refractivity contribution is -0.676. The Morgan fingerprint density at radius 3 is 2.26 bits per heavy atom. The molecule has 1 atom stereocenters. The maximum absolute atomic E-state index is 11.8. The molecule has 0 spiro atoms. The van der Waals surface area contributed by atoms with Crippen LogP contribution in [0.15, 0.2) is 54.6 Å². The van der Waals surface area contributed by atoms with Crippen LogP contribution in [0.5, 0.6) is 0 Å². The molecule has 0 aliphatic rings. The summed E-state index contributed by atoms with van der Waals surface area (Å²) in [5, 5.41) is 4.46. The lowest BCUT2D eigenvalue weighted by Gasteiger charge is -2.16. The van der Waals surface area contributed by atoms with E-state index < -0.39 is 5.91 Å². The van der Waals surface area contributed by atoms with Crippen molar-refractivity contribution in [3.05, 3.63) is 71.3 Å². The molecule has 2 amide bonds. The zero-order valence-electron chi connectivity index (χ0n) is 13.2. The molecule has 2 rings (SSSR count). The first-order valence-electron chi connectivity index (χ1n) is 7.56. The molecule has 2 aromatic carbocycles. The van der Waals surface area contributed by atoms with E-state index >= 15 is 0 Å². The molecule has 0 saturated carbocycles. The van der Waals surface area contributed by atoms with Crippen LogP contribution in [0.25, 0.3) is 0 Å². The lowest BCUT2D eigenvalue weighted by Crippen LogP contribution is -2.87. The van der Waals surface area contributed by atoms with Gasteiger partial charge in [-0.15, -0.1) is 0 Å². The van der Waals surface area contributed by atoms with E-state index in [0.717, 1.165) is 11.1 Å². The summed E-state index contributed by atoms with van der Waals surface area (Å²) < 4.78 is 0. The quantitative estimate of drug-likeness (QED) is 0.684. The first-order valence-corrected chi connectivity index (χ1v) is 7.56. The first kappa shape index (κ1) is 16.7. The number of quaternary nitrogens is 1. The molecule has 23 heavy (non-hydrogen) atoms. The van der Waals surface area contributed by atoms with E-state index in [1.807, 2.05) is 42.6 Å². The van der Waals surface area contributed by atoms with Crippen LogP contribution in [0.4, 0.5) is 0 Å². The summed E-state index contributed by atoms with van der Waals surface area (Å²) in [7, 11) is 0. The van der Waals surface area contributed by atoms with Crippen molar-refractivity contribution in [3.63, 3.8) is 0 Å². The van der Waals surface area contributed by atoms with Crippen molar-refractivity contribution in [2.45, 2.75) is 13.0 Å². The third kappa shape index (κ3) is 5.23. The highest BCUT2D eigenvalue weighted by Gasteiger charge is 2.18. The van der Waals surface area contributed by atoms with Crippen LogP contribution in [0, 0.1) is 6.92 Å². The summed E-state index contributed by atoms with van der Waals surface area (Å²) in [5.74, 6) is -0.756. The Hall–Kier alpha value is -2.66. The first-order chi connectivity index (χ1) is 11.1. The van der Waals surface area contributed by atoms with Crippen LogP contribution in [-0.2, 0) is 9.59 Å². The number of aryl methyl sites for hydroxylation is 1. The van der Waals surface area contributed by atoms with E-state index in [1.165, 1.54) is 5.56 Å². The molecular formula is C18H22N3O2+. The van der Waals surface area contributed by atoms with Gasteiger partial charge in [-0.05, 0) is 6.92 Å². The van der Waals surface area contributed by atoms with Crippen LogP contribution < -0.4 is 16.4 Å². The minimum atomic E-state index is -0.545. The highest BCUT2D eigenvalue weighted by molar-refractivity contribution is 5.84. The predicted octanol–water partition coefficient (Wildman–Crippen LogP) is 0.249. The summed E-state index contributed by atoms with van der Waals surface area (Å²) >= 11 is 0. The number of carbonyl (C=O) groups excluding carboxylic acids is 2. The van der Waals surface area contributed by atoms with E-state index in [1.54, 1.807) is 0 Å². The summed E-state index contributed by atoms with van der Waals surface area (Å²) in [5.41, 5.74) is 8.48. The molecule has 0 aliphatic heterocycles. The Kier molecular flexibility index (Phi) is 5.88. The Morgan fingerprint density at radius 2 is 1.65 bits per heavy atom. The molecule has 0 heterocycles. The Bertz CT molecular complexity index is 654. The van der Waals surface area contributed by atoms with Gasteiger partial charge in [-0.25, -0.2) is 0 Å².